The summed E-state index contributed by atoms with van der Waals surface area (Å²) in [7, 11) is 0. The van der Waals surface area contributed by atoms with Crippen molar-refractivity contribution in [1.82, 2.24) is 14.9 Å². The van der Waals surface area contributed by atoms with Crippen LogP contribution in [0, 0.1) is 6.92 Å². The minimum atomic E-state index is 0.00513. The number of aromatic nitrogens is 2. The van der Waals surface area contributed by atoms with Crippen molar-refractivity contribution in [1.29, 1.82) is 0 Å². The second-order valence-corrected chi connectivity index (χ2v) is 8.40. The summed E-state index contributed by atoms with van der Waals surface area (Å²) in [5, 5.41) is 6.04. The predicted octanol–water partition coefficient (Wildman–Crippen LogP) is 5.51. The molecule has 2 aromatic heterocycles. The first-order valence-electron chi connectivity index (χ1n) is 10.1. The largest absolute Gasteiger partial charge is 0.354 e. The van der Waals surface area contributed by atoms with E-state index in [0.29, 0.717) is 6.54 Å². The standard InChI is InChI=1S/C25H25N3OS/c1-18-10-12-21(13-11-18)22-17-30-25(27-22)23-9-6-14-28(23)16-24(29)26-15-19(2)20-7-4-3-5-8-20/h3-14,17,19H,15-16H2,1-2H3,(H,26,29)/t19-/m0/s1. The lowest BCUT2D eigenvalue weighted by Crippen LogP contribution is -2.30. The number of nitrogens with one attached hydrogen (secondary N) is 1. The molecule has 0 saturated heterocycles. The molecular weight excluding hydrogens is 390 g/mol. The summed E-state index contributed by atoms with van der Waals surface area (Å²) in [4.78, 5) is 17.3. The molecule has 0 unspecified atom stereocenters. The van der Waals surface area contributed by atoms with Crippen LogP contribution < -0.4 is 5.32 Å². The van der Waals surface area contributed by atoms with Gasteiger partial charge >= 0.3 is 0 Å². The molecule has 0 radical (unpaired) electrons. The van der Waals surface area contributed by atoms with Crippen molar-refractivity contribution in [3.8, 4) is 22.0 Å². The van der Waals surface area contributed by atoms with Crippen molar-refractivity contribution >= 4 is 17.2 Å². The highest BCUT2D eigenvalue weighted by Crippen LogP contribution is 2.29. The zero-order chi connectivity index (χ0) is 20.9. The van der Waals surface area contributed by atoms with Gasteiger partial charge in [0, 0.05) is 23.7 Å². The first kappa shape index (κ1) is 20.1. The minimum Gasteiger partial charge on any atom is -0.354 e. The number of hydrogen-bond donors (Lipinski definition) is 1. The number of amides is 1. The molecule has 4 rings (SSSR count). The van der Waals surface area contributed by atoms with Crippen molar-refractivity contribution in [3.05, 3.63) is 89.4 Å². The molecule has 0 aliphatic carbocycles. The normalized spacial score (nSPS) is 11.9. The van der Waals surface area contributed by atoms with Crippen LogP contribution in [0.2, 0.25) is 0 Å². The number of carbonyl (C=O) groups is 1. The molecule has 4 aromatic rings. The van der Waals surface area contributed by atoms with E-state index in [9.17, 15) is 4.79 Å². The maximum atomic E-state index is 12.5. The van der Waals surface area contributed by atoms with Gasteiger partial charge in [0.2, 0.25) is 5.91 Å². The van der Waals surface area contributed by atoms with Crippen LogP contribution in [0.1, 0.15) is 24.0 Å². The highest BCUT2D eigenvalue weighted by Gasteiger charge is 2.13. The number of thiazole rings is 1. The van der Waals surface area contributed by atoms with Crippen LogP contribution in [0.15, 0.2) is 78.3 Å². The average Bonchev–Trinajstić information content (AvgIpc) is 3.42. The third-order valence-corrected chi connectivity index (χ3v) is 6.05. The molecule has 2 heterocycles. The first-order chi connectivity index (χ1) is 14.6. The highest BCUT2D eigenvalue weighted by atomic mass is 32.1. The summed E-state index contributed by atoms with van der Waals surface area (Å²) in [6.07, 6.45) is 1.93. The molecule has 5 heteroatoms. The summed E-state index contributed by atoms with van der Waals surface area (Å²) >= 11 is 1.60. The van der Waals surface area contributed by atoms with Crippen LogP contribution in [0.3, 0.4) is 0 Å². The molecule has 0 saturated carbocycles. The molecule has 1 amide bonds. The number of carbonyl (C=O) groups excluding carboxylic acids is 1. The molecule has 0 aliphatic rings. The summed E-state index contributed by atoms with van der Waals surface area (Å²) < 4.78 is 1.96. The quantitative estimate of drug-likeness (QED) is 0.433. The Bertz CT molecular complexity index is 1110. The smallest absolute Gasteiger partial charge is 0.239 e. The first-order valence-corrected chi connectivity index (χ1v) is 11.0. The Kier molecular flexibility index (Phi) is 6.10. The van der Waals surface area contributed by atoms with Gasteiger partial charge in [-0.05, 0) is 30.5 Å². The van der Waals surface area contributed by atoms with Gasteiger partial charge in [-0.1, -0.05) is 67.1 Å². The summed E-state index contributed by atoms with van der Waals surface area (Å²) in [5.41, 5.74) is 5.49. The van der Waals surface area contributed by atoms with Crippen LogP contribution >= 0.6 is 11.3 Å². The maximum absolute atomic E-state index is 12.5. The molecular formula is C25H25N3OS. The molecule has 0 spiro atoms. The number of benzene rings is 2. The molecule has 4 nitrogen and oxygen atoms in total. The van der Waals surface area contributed by atoms with Gasteiger partial charge in [-0.15, -0.1) is 11.3 Å². The van der Waals surface area contributed by atoms with Gasteiger partial charge in [-0.3, -0.25) is 4.79 Å². The van der Waals surface area contributed by atoms with Gasteiger partial charge in [0.25, 0.3) is 0 Å². The van der Waals surface area contributed by atoms with Gasteiger partial charge in [0.15, 0.2) is 0 Å². The molecule has 152 valence electrons. The van der Waals surface area contributed by atoms with Crippen molar-refractivity contribution in [2.24, 2.45) is 0 Å². The topological polar surface area (TPSA) is 46.9 Å². The lowest BCUT2D eigenvalue weighted by atomic mass is 10.0. The van der Waals surface area contributed by atoms with E-state index in [1.54, 1.807) is 11.3 Å². The predicted molar refractivity (Wildman–Crippen MR) is 124 cm³/mol. The summed E-state index contributed by atoms with van der Waals surface area (Å²) in [5.74, 6) is 0.279. The summed E-state index contributed by atoms with van der Waals surface area (Å²) in [6.45, 7) is 5.10. The lowest BCUT2D eigenvalue weighted by molar-refractivity contribution is -0.121. The summed E-state index contributed by atoms with van der Waals surface area (Å²) in [6, 6.07) is 22.6. The Morgan fingerprint density at radius 1 is 1.07 bits per heavy atom. The Morgan fingerprint density at radius 3 is 2.60 bits per heavy atom. The fourth-order valence-corrected chi connectivity index (χ4v) is 4.24. The number of hydrogen-bond acceptors (Lipinski definition) is 3. The second-order valence-electron chi connectivity index (χ2n) is 7.54. The van der Waals surface area contributed by atoms with Crippen molar-refractivity contribution in [2.75, 3.05) is 6.54 Å². The van der Waals surface area contributed by atoms with Crippen molar-refractivity contribution in [3.63, 3.8) is 0 Å². The highest BCUT2D eigenvalue weighted by molar-refractivity contribution is 7.13. The number of nitrogens with zero attached hydrogens (tertiary/aromatic N) is 2. The molecule has 0 bridgehead atoms. The second kappa shape index (κ2) is 9.09. The Balaban J connectivity index is 1.41. The van der Waals surface area contributed by atoms with E-state index in [1.807, 2.05) is 41.1 Å². The van der Waals surface area contributed by atoms with E-state index in [4.69, 9.17) is 4.98 Å². The van der Waals surface area contributed by atoms with Gasteiger partial charge < -0.3 is 9.88 Å². The minimum absolute atomic E-state index is 0.00513. The van der Waals surface area contributed by atoms with Gasteiger partial charge in [-0.2, -0.15) is 0 Å². The fourth-order valence-electron chi connectivity index (χ4n) is 3.37. The van der Waals surface area contributed by atoms with E-state index in [2.05, 4.69) is 60.9 Å². The van der Waals surface area contributed by atoms with Crippen LogP contribution in [0.5, 0.6) is 0 Å². The monoisotopic (exact) mass is 415 g/mol. The van der Waals surface area contributed by atoms with Crippen molar-refractivity contribution < 1.29 is 4.79 Å². The van der Waals surface area contributed by atoms with E-state index in [1.165, 1.54) is 11.1 Å². The molecule has 2 aromatic carbocycles. The molecule has 1 atom stereocenters. The maximum Gasteiger partial charge on any atom is 0.239 e. The third-order valence-electron chi connectivity index (χ3n) is 5.19. The van der Waals surface area contributed by atoms with Gasteiger partial charge in [-0.25, -0.2) is 4.98 Å². The Labute approximate surface area is 181 Å². The molecule has 1 N–H and O–H groups in total. The molecule has 30 heavy (non-hydrogen) atoms. The van der Waals surface area contributed by atoms with Crippen LogP contribution in [0.4, 0.5) is 0 Å². The Morgan fingerprint density at radius 2 is 1.83 bits per heavy atom. The lowest BCUT2D eigenvalue weighted by Gasteiger charge is -2.14. The van der Waals surface area contributed by atoms with E-state index in [-0.39, 0.29) is 18.4 Å². The number of aryl methyl sites for hydroxylation is 1. The van der Waals surface area contributed by atoms with E-state index in [0.717, 1.165) is 22.0 Å². The van der Waals surface area contributed by atoms with Crippen LogP contribution in [0.25, 0.3) is 22.0 Å². The molecule has 0 fully saturated rings. The van der Waals surface area contributed by atoms with Crippen LogP contribution in [-0.2, 0) is 11.3 Å². The average molecular weight is 416 g/mol. The number of rotatable bonds is 7. The molecule has 0 aliphatic heterocycles. The zero-order valence-electron chi connectivity index (χ0n) is 17.2. The van der Waals surface area contributed by atoms with Crippen molar-refractivity contribution in [2.45, 2.75) is 26.3 Å². The van der Waals surface area contributed by atoms with Crippen LogP contribution in [-0.4, -0.2) is 22.0 Å². The van der Waals surface area contributed by atoms with Gasteiger partial charge in [0.05, 0.1) is 11.4 Å². The fraction of sp³-hybridized carbons (Fsp3) is 0.200. The van der Waals surface area contributed by atoms with Gasteiger partial charge in [0.1, 0.15) is 11.6 Å². The zero-order valence-corrected chi connectivity index (χ0v) is 18.0. The SMILES string of the molecule is Cc1ccc(-c2csc(-c3cccn3CC(=O)NC[C@H](C)c3ccccc3)n2)cc1. The Hall–Kier alpha value is -3.18. The third kappa shape index (κ3) is 4.69. The van der Waals surface area contributed by atoms with E-state index >= 15 is 0 Å². The van der Waals surface area contributed by atoms with E-state index < -0.39 is 0 Å².